The zero-order valence-electron chi connectivity index (χ0n) is 17.3. The van der Waals surface area contributed by atoms with Gasteiger partial charge in [-0.2, -0.15) is 4.57 Å². The van der Waals surface area contributed by atoms with Gasteiger partial charge >= 0.3 is 5.95 Å². The Morgan fingerprint density at radius 3 is 2.13 bits per heavy atom. The second-order valence-electron chi connectivity index (χ2n) is 7.30. The number of pyridine rings is 2. The molecule has 3 aromatic heterocycles. The van der Waals surface area contributed by atoms with Crippen molar-refractivity contribution >= 4 is 22.4 Å². The van der Waals surface area contributed by atoms with Gasteiger partial charge in [-0.05, 0) is 47.5 Å². The van der Waals surface area contributed by atoms with Crippen LogP contribution in [0.2, 0.25) is 0 Å². The van der Waals surface area contributed by atoms with Gasteiger partial charge in [-0.1, -0.05) is 29.2 Å². The Morgan fingerprint density at radius 1 is 0.774 bits per heavy atom. The average Bonchev–Trinajstić information content (AvgIpc) is 3.28. The van der Waals surface area contributed by atoms with E-state index in [4.69, 9.17) is 0 Å². The van der Waals surface area contributed by atoms with Crippen molar-refractivity contribution in [2.24, 2.45) is 0 Å². The Hall–Kier alpha value is -4.19. The predicted octanol–water partition coefficient (Wildman–Crippen LogP) is 3.91. The van der Waals surface area contributed by atoms with Crippen LogP contribution < -0.4 is 19.8 Å². The highest BCUT2D eigenvalue weighted by molar-refractivity contribution is 5.75. The molecule has 3 heterocycles. The SMILES string of the molecule is CNc1ccccc1NC[n+]1ccc(-c2cc[n+](-c3nc4ccccc4[nH]3)cc2)cc1. The first-order chi connectivity index (χ1) is 15.3. The van der Waals surface area contributed by atoms with E-state index in [9.17, 15) is 0 Å². The lowest BCUT2D eigenvalue weighted by atomic mass is 10.1. The molecule has 0 spiro atoms. The molecule has 0 saturated carbocycles. The van der Waals surface area contributed by atoms with Crippen LogP contribution in [0.4, 0.5) is 11.4 Å². The number of nitrogens with one attached hydrogen (secondary N) is 3. The summed E-state index contributed by atoms with van der Waals surface area (Å²) in [4.78, 5) is 8.00. The molecule has 152 valence electrons. The summed E-state index contributed by atoms with van der Waals surface area (Å²) in [7, 11) is 1.93. The van der Waals surface area contributed by atoms with Crippen molar-refractivity contribution in [3.05, 3.63) is 97.6 Å². The van der Waals surface area contributed by atoms with Crippen molar-refractivity contribution in [1.29, 1.82) is 0 Å². The van der Waals surface area contributed by atoms with E-state index in [2.05, 4.69) is 74.0 Å². The number of benzene rings is 2. The number of H-pyrrole nitrogens is 1. The second-order valence-corrected chi connectivity index (χ2v) is 7.30. The van der Waals surface area contributed by atoms with Crippen LogP contribution in [-0.4, -0.2) is 17.0 Å². The number of hydrogen-bond acceptors (Lipinski definition) is 3. The minimum atomic E-state index is 0.694. The third kappa shape index (κ3) is 3.96. The molecule has 0 unspecified atom stereocenters. The molecule has 3 N–H and O–H groups in total. The predicted molar refractivity (Wildman–Crippen MR) is 123 cm³/mol. The van der Waals surface area contributed by atoms with Crippen molar-refractivity contribution in [1.82, 2.24) is 9.97 Å². The van der Waals surface area contributed by atoms with Crippen LogP contribution in [-0.2, 0) is 6.67 Å². The van der Waals surface area contributed by atoms with E-state index in [1.807, 2.05) is 60.4 Å². The molecular weight excluding hydrogens is 384 g/mol. The van der Waals surface area contributed by atoms with Crippen LogP contribution in [0.1, 0.15) is 0 Å². The maximum atomic E-state index is 4.65. The molecule has 0 amide bonds. The van der Waals surface area contributed by atoms with Gasteiger partial charge in [0.2, 0.25) is 6.67 Å². The monoisotopic (exact) mass is 408 g/mol. The van der Waals surface area contributed by atoms with E-state index >= 15 is 0 Å². The third-order valence-corrected chi connectivity index (χ3v) is 5.32. The van der Waals surface area contributed by atoms with Gasteiger partial charge in [0.15, 0.2) is 17.9 Å². The zero-order chi connectivity index (χ0) is 21.0. The van der Waals surface area contributed by atoms with Crippen molar-refractivity contribution in [3.8, 4) is 17.1 Å². The fourth-order valence-electron chi connectivity index (χ4n) is 3.61. The standard InChI is InChI=1S/C25H22N6/c1-26-21-6-2-3-7-22(21)27-18-30-14-10-19(11-15-30)20-12-16-31(17-13-20)25-28-23-8-4-5-9-24(23)29-25/h2-17H,18H2,1H3,(H,28,29)/p+2. The topological polar surface area (TPSA) is 60.5 Å². The number of rotatable bonds is 6. The maximum absolute atomic E-state index is 4.65. The van der Waals surface area contributed by atoms with Crippen molar-refractivity contribution in [2.45, 2.75) is 6.67 Å². The molecule has 31 heavy (non-hydrogen) atoms. The van der Waals surface area contributed by atoms with Crippen LogP contribution in [0.25, 0.3) is 28.1 Å². The molecule has 0 atom stereocenters. The number of nitrogens with zero attached hydrogens (tertiary/aromatic N) is 3. The first kappa shape index (κ1) is 18.8. The van der Waals surface area contributed by atoms with Gasteiger partial charge < -0.3 is 10.6 Å². The fraction of sp³-hybridized carbons (Fsp3) is 0.0800. The molecule has 5 rings (SSSR count). The largest absolute Gasteiger partial charge is 0.401 e. The highest BCUT2D eigenvalue weighted by Crippen LogP contribution is 2.20. The van der Waals surface area contributed by atoms with E-state index in [1.165, 1.54) is 5.56 Å². The molecule has 0 bridgehead atoms. The summed E-state index contributed by atoms with van der Waals surface area (Å²) >= 11 is 0. The lowest BCUT2D eigenvalue weighted by Crippen LogP contribution is -2.36. The van der Waals surface area contributed by atoms with Crippen LogP contribution in [0.15, 0.2) is 97.6 Å². The van der Waals surface area contributed by atoms with Gasteiger partial charge in [-0.25, -0.2) is 9.55 Å². The molecule has 0 aliphatic heterocycles. The Kier molecular flexibility index (Phi) is 5.02. The molecule has 0 fully saturated rings. The lowest BCUT2D eigenvalue weighted by molar-refractivity contribution is -0.691. The normalized spacial score (nSPS) is 10.9. The number of anilines is 2. The van der Waals surface area contributed by atoms with Crippen LogP contribution in [0, 0.1) is 0 Å². The Morgan fingerprint density at radius 2 is 1.42 bits per heavy atom. The highest BCUT2D eigenvalue weighted by atomic mass is 15.1. The lowest BCUT2D eigenvalue weighted by Gasteiger charge is -2.09. The number of aromatic amines is 1. The molecular formula is C25H24N6+2. The summed E-state index contributed by atoms with van der Waals surface area (Å²) in [6.07, 6.45) is 8.24. The Labute approximate surface area is 180 Å². The zero-order valence-corrected chi connectivity index (χ0v) is 17.3. The van der Waals surface area contributed by atoms with E-state index in [0.717, 1.165) is 33.9 Å². The number of hydrogen-bond donors (Lipinski definition) is 3. The van der Waals surface area contributed by atoms with Crippen LogP contribution in [0.5, 0.6) is 0 Å². The van der Waals surface area contributed by atoms with Crippen LogP contribution in [0.3, 0.4) is 0 Å². The first-order valence-corrected chi connectivity index (χ1v) is 10.3. The minimum absolute atomic E-state index is 0.694. The minimum Gasteiger partial charge on any atom is -0.386 e. The molecule has 6 nitrogen and oxygen atoms in total. The molecule has 0 aliphatic carbocycles. The summed E-state index contributed by atoms with van der Waals surface area (Å²) in [5.41, 5.74) is 6.50. The van der Waals surface area contributed by atoms with Crippen molar-refractivity contribution in [3.63, 3.8) is 0 Å². The highest BCUT2D eigenvalue weighted by Gasteiger charge is 2.13. The van der Waals surface area contributed by atoms with Crippen molar-refractivity contribution < 1.29 is 9.13 Å². The molecule has 0 aliphatic rings. The fourth-order valence-corrected chi connectivity index (χ4v) is 3.61. The summed E-state index contributed by atoms with van der Waals surface area (Å²) in [5.74, 6) is 0.812. The quantitative estimate of drug-likeness (QED) is 0.374. The number of imidazole rings is 1. The van der Waals surface area contributed by atoms with Gasteiger partial charge in [0.25, 0.3) is 0 Å². The smallest absolute Gasteiger partial charge is 0.386 e. The first-order valence-electron chi connectivity index (χ1n) is 10.3. The Bertz CT molecular complexity index is 1270. The van der Waals surface area contributed by atoms with Gasteiger partial charge in [0.05, 0.1) is 23.8 Å². The maximum Gasteiger partial charge on any atom is 0.401 e. The summed E-state index contributed by atoms with van der Waals surface area (Å²) in [6.45, 7) is 0.694. The van der Waals surface area contributed by atoms with Gasteiger partial charge in [-0.15, -0.1) is 0 Å². The van der Waals surface area contributed by atoms with E-state index < -0.39 is 0 Å². The molecule has 6 heteroatoms. The van der Waals surface area contributed by atoms with Gasteiger partial charge in [-0.3, -0.25) is 0 Å². The average molecular weight is 409 g/mol. The molecule has 2 aromatic carbocycles. The summed E-state index contributed by atoms with van der Waals surface area (Å²) in [5, 5.41) is 6.67. The van der Waals surface area contributed by atoms with Crippen LogP contribution >= 0.6 is 0 Å². The van der Waals surface area contributed by atoms with E-state index in [0.29, 0.717) is 6.67 Å². The van der Waals surface area contributed by atoms with E-state index in [-0.39, 0.29) is 0 Å². The summed E-state index contributed by atoms with van der Waals surface area (Å²) < 4.78 is 4.11. The second kappa shape index (κ2) is 8.28. The van der Waals surface area contributed by atoms with E-state index in [1.54, 1.807) is 0 Å². The number of para-hydroxylation sites is 4. The molecule has 5 aromatic rings. The Balaban J connectivity index is 1.29. The molecule has 0 radical (unpaired) electrons. The number of aromatic nitrogens is 4. The van der Waals surface area contributed by atoms with Gasteiger partial charge in [0.1, 0.15) is 5.52 Å². The number of fused-ring (bicyclic) bond motifs is 1. The van der Waals surface area contributed by atoms with Gasteiger partial charge in [0, 0.05) is 19.2 Å². The summed E-state index contributed by atoms with van der Waals surface area (Å²) in [6, 6.07) is 24.7. The third-order valence-electron chi connectivity index (χ3n) is 5.32. The van der Waals surface area contributed by atoms with Crippen molar-refractivity contribution in [2.75, 3.05) is 17.7 Å². The molecule has 0 saturated heterocycles.